The van der Waals surface area contributed by atoms with Gasteiger partial charge in [0.1, 0.15) is 23.5 Å². The van der Waals surface area contributed by atoms with E-state index in [-0.39, 0.29) is 13.1 Å². The van der Waals surface area contributed by atoms with E-state index in [9.17, 15) is 28.8 Å². The molecular formula is C24H29N5O7S. The van der Waals surface area contributed by atoms with Gasteiger partial charge in [0.05, 0.1) is 7.11 Å². The van der Waals surface area contributed by atoms with Crippen LogP contribution in [0.3, 0.4) is 0 Å². The maximum absolute atomic E-state index is 13.4. The van der Waals surface area contributed by atoms with Crippen molar-refractivity contribution in [3.63, 3.8) is 0 Å². The van der Waals surface area contributed by atoms with Crippen molar-refractivity contribution in [2.75, 3.05) is 26.7 Å². The second kappa shape index (κ2) is 10.0. The highest BCUT2D eigenvalue weighted by molar-refractivity contribution is 8.01. The Morgan fingerprint density at radius 2 is 1.78 bits per heavy atom. The number of rotatable bonds is 6. The molecule has 0 spiro atoms. The van der Waals surface area contributed by atoms with Crippen molar-refractivity contribution in [2.45, 2.75) is 49.0 Å². The molecule has 13 heteroatoms. The molecule has 1 aromatic carbocycles. The number of likely N-dealkylation sites (N-methyl/N-ethyl adjacent to an activating group) is 1. The molecular weight excluding hydrogens is 502 g/mol. The first-order valence-electron chi connectivity index (χ1n) is 11.9. The molecule has 0 aliphatic carbocycles. The number of amides is 6. The molecule has 0 bridgehead atoms. The van der Waals surface area contributed by atoms with Crippen molar-refractivity contribution >= 4 is 47.4 Å². The summed E-state index contributed by atoms with van der Waals surface area (Å²) in [5, 5.41) is 4.76. The zero-order valence-electron chi connectivity index (χ0n) is 20.9. The van der Waals surface area contributed by atoms with Gasteiger partial charge >= 0.3 is 23.8 Å². The van der Waals surface area contributed by atoms with Crippen molar-refractivity contribution in [2.24, 2.45) is 0 Å². The fraction of sp³-hybridized carbons (Fsp3) is 0.500. The lowest BCUT2D eigenvalue weighted by molar-refractivity contribution is -0.162. The second-order valence-electron chi connectivity index (χ2n) is 9.40. The number of imide groups is 1. The molecule has 4 atom stereocenters. The number of nitrogens with zero attached hydrogens (tertiary/aromatic N) is 3. The Morgan fingerprint density at radius 3 is 2.41 bits per heavy atom. The van der Waals surface area contributed by atoms with Crippen molar-refractivity contribution in [1.82, 2.24) is 25.3 Å². The van der Waals surface area contributed by atoms with E-state index in [1.165, 1.54) is 28.7 Å². The molecule has 3 saturated heterocycles. The van der Waals surface area contributed by atoms with Crippen LogP contribution in [0.4, 0.5) is 4.79 Å². The number of benzene rings is 1. The quantitative estimate of drug-likeness (QED) is 0.293. The number of nitrogens with one attached hydrogen (secondary N) is 2. The van der Waals surface area contributed by atoms with Gasteiger partial charge < -0.3 is 25.2 Å². The predicted molar refractivity (Wildman–Crippen MR) is 132 cm³/mol. The number of fused-ring (bicyclic) bond motifs is 1. The average Bonchev–Trinajstić information content (AvgIpc) is 3.14. The monoisotopic (exact) mass is 531 g/mol. The van der Waals surface area contributed by atoms with Crippen LogP contribution in [0, 0.1) is 0 Å². The number of hydrogen-bond acceptors (Lipinski definition) is 8. The molecule has 0 radical (unpaired) electrons. The highest BCUT2D eigenvalue weighted by atomic mass is 32.2. The van der Waals surface area contributed by atoms with Gasteiger partial charge in [-0.15, -0.1) is 11.8 Å². The minimum atomic E-state index is -1.24. The number of esters is 1. The van der Waals surface area contributed by atoms with E-state index in [0.717, 1.165) is 4.90 Å². The Kier molecular flexibility index (Phi) is 7.18. The maximum atomic E-state index is 13.4. The van der Waals surface area contributed by atoms with Crippen molar-refractivity contribution < 1.29 is 33.5 Å². The van der Waals surface area contributed by atoms with E-state index in [4.69, 9.17) is 4.74 Å². The van der Waals surface area contributed by atoms with Crippen LogP contribution in [-0.2, 0) is 28.7 Å². The predicted octanol–water partition coefficient (Wildman–Crippen LogP) is -0.152. The topological polar surface area (TPSA) is 145 Å². The molecule has 1 aromatic rings. The molecule has 3 fully saturated rings. The lowest BCUT2D eigenvalue weighted by Crippen LogP contribution is -2.71. The Balaban J connectivity index is 1.51. The zero-order valence-corrected chi connectivity index (χ0v) is 21.7. The number of carbonyl (C=O) groups is 6. The highest BCUT2D eigenvalue weighted by Crippen LogP contribution is 2.51. The lowest BCUT2D eigenvalue weighted by atomic mass is 9.95. The second-order valence-corrected chi connectivity index (χ2v) is 11.2. The minimum absolute atomic E-state index is 0.00778. The van der Waals surface area contributed by atoms with Crippen LogP contribution in [0.2, 0.25) is 0 Å². The smallest absolute Gasteiger partial charge is 0.330 e. The van der Waals surface area contributed by atoms with Crippen molar-refractivity contribution in [1.29, 1.82) is 0 Å². The van der Waals surface area contributed by atoms with Gasteiger partial charge in [-0.1, -0.05) is 30.3 Å². The highest BCUT2D eigenvalue weighted by Gasteiger charge is 2.64. The Hall–Kier alpha value is -3.61. The third-order valence-electron chi connectivity index (χ3n) is 6.76. The number of urea groups is 1. The third kappa shape index (κ3) is 4.63. The largest absolute Gasteiger partial charge is 0.467 e. The summed E-state index contributed by atoms with van der Waals surface area (Å²) in [6.45, 7) is 5.91. The van der Waals surface area contributed by atoms with Crippen LogP contribution >= 0.6 is 11.8 Å². The van der Waals surface area contributed by atoms with E-state index in [1.807, 2.05) is 13.8 Å². The summed E-state index contributed by atoms with van der Waals surface area (Å²) in [6.07, 6.45) is 0. The zero-order chi connectivity index (χ0) is 27.1. The Bertz CT molecular complexity index is 1140. The van der Waals surface area contributed by atoms with Gasteiger partial charge in [0.2, 0.25) is 11.8 Å². The van der Waals surface area contributed by atoms with Gasteiger partial charge in [-0.2, -0.15) is 0 Å². The lowest BCUT2D eigenvalue weighted by Gasteiger charge is -2.44. The number of piperazine rings is 1. The van der Waals surface area contributed by atoms with Crippen LogP contribution < -0.4 is 10.6 Å². The van der Waals surface area contributed by atoms with Crippen LogP contribution in [0.5, 0.6) is 0 Å². The molecule has 4 unspecified atom stereocenters. The fourth-order valence-electron chi connectivity index (χ4n) is 4.79. The van der Waals surface area contributed by atoms with E-state index >= 15 is 0 Å². The number of hydrogen-bond donors (Lipinski definition) is 2. The van der Waals surface area contributed by atoms with Crippen LogP contribution in [-0.4, -0.2) is 99.3 Å². The van der Waals surface area contributed by atoms with Crippen molar-refractivity contribution in [3.05, 3.63) is 35.9 Å². The van der Waals surface area contributed by atoms with Gasteiger partial charge in [0.25, 0.3) is 0 Å². The summed E-state index contributed by atoms with van der Waals surface area (Å²) >= 11 is 1.38. The molecule has 3 aliphatic rings. The van der Waals surface area contributed by atoms with Crippen molar-refractivity contribution in [3.8, 4) is 0 Å². The molecule has 3 heterocycles. The number of thioether (sulfide) groups is 1. The molecule has 0 saturated carbocycles. The van der Waals surface area contributed by atoms with Gasteiger partial charge in [-0.25, -0.2) is 9.59 Å². The normalized spacial score (nSPS) is 25.2. The van der Waals surface area contributed by atoms with Crippen LogP contribution in [0.25, 0.3) is 0 Å². The summed E-state index contributed by atoms with van der Waals surface area (Å²) in [6, 6.07) is 4.54. The first kappa shape index (κ1) is 26.5. The molecule has 6 amide bonds. The molecule has 198 valence electrons. The molecule has 0 aromatic heterocycles. The summed E-state index contributed by atoms with van der Waals surface area (Å²) < 4.78 is 4.24. The Morgan fingerprint density at radius 1 is 1.11 bits per heavy atom. The summed E-state index contributed by atoms with van der Waals surface area (Å²) in [4.78, 5) is 80.0. The number of ether oxygens (including phenoxy) is 1. The standard InChI is InChI=1S/C24H29N5O7S/c1-5-27-11-12-28(20(33)19(27)32)23(35)26-14(13-9-7-6-8-10-13)17(30)25-15-18(31)29-16(22(34)36-4)24(2,3)37-21(15)29/h6-10,14-16,21H,5,11-12H2,1-4H3,(H,25,30)(H,26,35). The minimum Gasteiger partial charge on any atom is -0.467 e. The van der Waals surface area contributed by atoms with Gasteiger partial charge in [-0.05, 0) is 26.3 Å². The Labute approximate surface area is 218 Å². The van der Waals surface area contributed by atoms with E-state index in [1.54, 1.807) is 37.3 Å². The maximum Gasteiger partial charge on any atom is 0.330 e. The number of methoxy groups -OCH3 is 1. The van der Waals surface area contributed by atoms with Gasteiger partial charge in [-0.3, -0.25) is 24.1 Å². The molecule has 12 nitrogen and oxygen atoms in total. The van der Waals surface area contributed by atoms with Crippen LogP contribution in [0.1, 0.15) is 32.4 Å². The third-order valence-corrected chi connectivity index (χ3v) is 8.33. The van der Waals surface area contributed by atoms with E-state index < -0.39 is 63.9 Å². The van der Waals surface area contributed by atoms with Gasteiger partial charge in [0.15, 0.2) is 0 Å². The first-order chi connectivity index (χ1) is 17.5. The molecule has 3 aliphatic heterocycles. The first-order valence-corrected chi connectivity index (χ1v) is 12.7. The number of carbonyl (C=O) groups excluding carboxylic acids is 6. The van der Waals surface area contributed by atoms with E-state index in [0.29, 0.717) is 12.1 Å². The summed E-state index contributed by atoms with van der Waals surface area (Å²) in [5.41, 5.74) is 0.426. The van der Waals surface area contributed by atoms with Gasteiger partial charge in [0, 0.05) is 24.4 Å². The molecule has 37 heavy (non-hydrogen) atoms. The number of β-lactam (4-membered cyclic amide) rings is 1. The summed E-state index contributed by atoms with van der Waals surface area (Å²) in [7, 11) is 1.26. The SMILES string of the molecule is CCN1CCN(C(=O)NC(C(=O)NC2C(=O)N3C2SC(C)(C)C3C(=O)OC)c2ccccc2)C(=O)C1=O. The van der Waals surface area contributed by atoms with Crippen LogP contribution in [0.15, 0.2) is 30.3 Å². The fourth-order valence-corrected chi connectivity index (χ4v) is 6.41. The molecule has 2 N–H and O–H groups in total. The average molecular weight is 532 g/mol. The summed E-state index contributed by atoms with van der Waals surface area (Å²) in [5.74, 6) is -3.38. The van der Waals surface area contributed by atoms with E-state index in [2.05, 4.69) is 10.6 Å². The molecule has 4 rings (SSSR count).